The molecule has 4 nitrogen and oxygen atoms in total. The van der Waals surface area contributed by atoms with E-state index in [9.17, 15) is 0 Å². The molecular weight excluding hydrogens is 1410 g/mol. The molecule has 0 radical (unpaired) electrons. The molecule has 0 atom stereocenters. The van der Waals surface area contributed by atoms with Crippen LogP contribution < -0.4 is 0 Å². The fourth-order valence-electron chi connectivity index (χ4n) is 16.2. The summed E-state index contributed by atoms with van der Waals surface area (Å²) in [5, 5.41) is 12.5. The summed E-state index contributed by atoms with van der Waals surface area (Å²) < 4.78 is 10.2. The third-order valence-electron chi connectivity index (χ3n) is 21.7. The topological polar surface area (TPSA) is 51.6 Å². The molecule has 8 heteroatoms. The standard InChI is InChI=1S/C102H60N4S4/c1-3-18-66(19-4-1)101-103-87(59-89(105-101)77-51-73(70-43-46-83-81-23-9-12-28-91(81)108-96(83)57-70)50-74(52-77)71-44-47-84-82-24-10-13-29-92(82)109-97(84)58-71)65-40-37-63(38-41-65)62-33-35-64(36-34-62)69-45-48-86-98(56-69)110-95-32-16-27-80(100(86)95)76-53-75(79-26-15-31-94-99(79)85-25-11-14-30-93(85)107-94)54-78(55-76)90-60-88(104-102(106-90)67-20-5-2-6-21-67)72-42-39-61-17-7-8-22-68(61)49-72/h1-60H. The SMILES string of the molecule is c1ccc(-c2nc(-c3ccc(-c4ccc(-c5ccc6c(c5)sc5cccc(-c7cc(-c8cc(-c9ccc%10ccccc%10c9)nc(-c9ccccc9)n8)cc(-c8cccc9sc%10ccccc%10c89)c7)c56)cc4)cc3)cc(-c3cc(-c4ccc5c(c4)sc4ccccc45)cc(-c4ccc5c(c4)sc4ccccc45)c3)n2)cc1. The lowest BCUT2D eigenvalue weighted by molar-refractivity contribution is 1.18. The lowest BCUT2D eigenvalue weighted by Crippen LogP contribution is -1.97. The molecule has 110 heavy (non-hydrogen) atoms. The smallest absolute Gasteiger partial charge is 0.160 e. The van der Waals surface area contributed by atoms with Gasteiger partial charge in [0.2, 0.25) is 0 Å². The van der Waals surface area contributed by atoms with Gasteiger partial charge in [-0.15, -0.1) is 45.3 Å². The van der Waals surface area contributed by atoms with Crippen LogP contribution in [0.25, 0.3) is 226 Å². The van der Waals surface area contributed by atoms with Crippen molar-refractivity contribution in [2.24, 2.45) is 0 Å². The van der Waals surface area contributed by atoms with E-state index in [0.29, 0.717) is 11.6 Å². The minimum Gasteiger partial charge on any atom is -0.228 e. The van der Waals surface area contributed by atoms with Crippen molar-refractivity contribution in [3.8, 4) is 135 Å². The number of rotatable bonds is 12. The Morgan fingerprint density at radius 1 is 0.155 bits per heavy atom. The molecule has 6 aromatic heterocycles. The van der Waals surface area contributed by atoms with Gasteiger partial charge in [-0.05, 0) is 181 Å². The van der Waals surface area contributed by atoms with Gasteiger partial charge in [0.15, 0.2) is 11.6 Å². The molecule has 0 aliphatic heterocycles. The van der Waals surface area contributed by atoms with Crippen molar-refractivity contribution in [2.75, 3.05) is 0 Å². The van der Waals surface area contributed by atoms with Gasteiger partial charge in [0.25, 0.3) is 0 Å². The van der Waals surface area contributed by atoms with Crippen molar-refractivity contribution >= 4 is 137 Å². The van der Waals surface area contributed by atoms with Crippen LogP contribution in [0.1, 0.15) is 0 Å². The van der Waals surface area contributed by atoms with Crippen molar-refractivity contribution in [1.82, 2.24) is 19.9 Å². The Kier molecular flexibility index (Phi) is 15.3. The van der Waals surface area contributed by atoms with E-state index >= 15 is 0 Å². The Balaban J connectivity index is 0.607. The Labute approximate surface area is 650 Å². The van der Waals surface area contributed by atoms with E-state index in [4.69, 9.17) is 19.9 Å². The quantitative estimate of drug-likeness (QED) is 0.122. The number of aromatic nitrogens is 4. The molecule has 0 bridgehead atoms. The average molecular weight is 1470 g/mol. The van der Waals surface area contributed by atoms with Gasteiger partial charge >= 0.3 is 0 Å². The van der Waals surface area contributed by atoms with Gasteiger partial charge in [-0.2, -0.15) is 0 Å². The molecule has 0 spiro atoms. The highest BCUT2D eigenvalue weighted by atomic mass is 32.1. The summed E-state index contributed by atoms with van der Waals surface area (Å²) in [6.45, 7) is 0. The van der Waals surface area contributed by atoms with Crippen LogP contribution in [-0.2, 0) is 0 Å². The molecule has 0 N–H and O–H groups in total. The zero-order valence-electron chi connectivity index (χ0n) is 59.1. The highest BCUT2D eigenvalue weighted by Gasteiger charge is 2.22. The first-order valence-electron chi connectivity index (χ1n) is 37.0. The van der Waals surface area contributed by atoms with Crippen molar-refractivity contribution in [2.45, 2.75) is 0 Å². The number of hydrogen-bond donors (Lipinski definition) is 0. The number of hydrogen-bond acceptors (Lipinski definition) is 8. The van der Waals surface area contributed by atoms with Crippen LogP contribution in [0.2, 0.25) is 0 Å². The summed E-state index contributed by atoms with van der Waals surface area (Å²) >= 11 is 7.41. The lowest BCUT2D eigenvalue weighted by Gasteiger charge is -2.15. The first kappa shape index (κ1) is 64.0. The van der Waals surface area contributed by atoms with Crippen molar-refractivity contribution in [1.29, 1.82) is 0 Å². The summed E-state index contributed by atoms with van der Waals surface area (Å²) in [5.74, 6) is 1.36. The van der Waals surface area contributed by atoms with Crippen molar-refractivity contribution < 1.29 is 0 Å². The molecule has 0 aliphatic carbocycles. The van der Waals surface area contributed by atoms with Gasteiger partial charge in [0, 0.05) is 114 Å². The molecule has 0 saturated heterocycles. The molecule has 0 fully saturated rings. The molecule has 22 aromatic rings. The van der Waals surface area contributed by atoms with Gasteiger partial charge in [0.1, 0.15) is 0 Å². The first-order chi connectivity index (χ1) is 54.4. The summed E-state index contributed by atoms with van der Waals surface area (Å²) in [7, 11) is 0. The molecule has 0 saturated carbocycles. The Morgan fingerprint density at radius 3 is 1.02 bits per heavy atom. The third kappa shape index (κ3) is 11.4. The van der Waals surface area contributed by atoms with E-state index in [2.05, 4.69) is 352 Å². The Bertz CT molecular complexity index is 7320. The maximum Gasteiger partial charge on any atom is 0.160 e. The zero-order chi connectivity index (χ0) is 72.3. The molecule has 16 aromatic carbocycles. The fourth-order valence-corrected chi connectivity index (χ4v) is 20.8. The van der Waals surface area contributed by atoms with Crippen LogP contribution in [0.5, 0.6) is 0 Å². The van der Waals surface area contributed by atoms with Gasteiger partial charge < -0.3 is 0 Å². The van der Waals surface area contributed by atoms with Crippen LogP contribution in [-0.4, -0.2) is 19.9 Å². The fraction of sp³-hybridized carbons (Fsp3) is 0. The number of thiophene rings is 4. The molecule has 22 rings (SSSR count). The van der Waals surface area contributed by atoms with Gasteiger partial charge in [-0.3, -0.25) is 0 Å². The zero-order valence-corrected chi connectivity index (χ0v) is 62.3. The second kappa shape index (κ2) is 26.3. The van der Waals surface area contributed by atoms with Crippen LogP contribution in [0.15, 0.2) is 364 Å². The van der Waals surface area contributed by atoms with E-state index in [1.807, 2.05) is 57.5 Å². The van der Waals surface area contributed by atoms with Crippen molar-refractivity contribution in [3.05, 3.63) is 364 Å². The number of nitrogens with zero attached hydrogens (tertiary/aromatic N) is 4. The maximum absolute atomic E-state index is 5.46. The molecule has 512 valence electrons. The number of benzene rings is 16. The van der Waals surface area contributed by atoms with E-state index < -0.39 is 0 Å². The monoisotopic (exact) mass is 1470 g/mol. The normalized spacial score (nSPS) is 11.8. The van der Waals surface area contributed by atoms with E-state index in [1.54, 1.807) is 0 Å². The van der Waals surface area contributed by atoms with E-state index in [-0.39, 0.29) is 0 Å². The second-order valence-corrected chi connectivity index (χ2v) is 32.7. The highest BCUT2D eigenvalue weighted by Crippen LogP contribution is 2.48. The van der Waals surface area contributed by atoms with Crippen LogP contribution in [0.4, 0.5) is 0 Å². The minimum absolute atomic E-state index is 0.679. The van der Waals surface area contributed by atoms with Crippen LogP contribution >= 0.6 is 45.3 Å². The van der Waals surface area contributed by atoms with Gasteiger partial charge in [-0.25, -0.2) is 19.9 Å². The summed E-state index contributed by atoms with van der Waals surface area (Å²) in [4.78, 5) is 21.5. The van der Waals surface area contributed by atoms with Crippen LogP contribution in [0.3, 0.4) is 0 Å². The first-order valence-corrected chi connectivity index (χ1v) is 40.3. The predicted molar refractivity (Wildman–Crippen MR) is 472 cm³/mol. The minimum atomic E-state index is 0.679. The van der Waals surface area contributed by atoms with Crippen molar-refractivity contribution in [3.63, 3.8) is 0 Å². The summed E-state index contributed by atoms with van der Waals surface area (Å²) in [6.07, 6.45) is 0. The Hall–Kier alpha value is -13.2. The maximum atomic E-state index is 5.46. The number of fused-ring (bicyclic) bond motifs is 13. The van der Waals surface area contributed by atoms with E-state index in [1.165, 1.54) is 119 Å². The molecular formula is C102H60N4S4. The Morgan fingerprint density at radius 2 is 0.482 bits per heavy atom. The van der Waals surface area contributed by atoms with E-state index in [0.717, 1.165) is 95.1 Å². The largest absolute Gasteiger partial charge is 0.228 e. The highest BCUT2D eigenvalue weighted by molar-refractivity contribution is 7.27. The summed E-state index contributed by atoms with van der Waals surface area (Å²) in [6, 6.07) is 133. The lowest BCUT2D eigenvalue weighted by atomic mass is 9.91. The van der Waals surface area contributed by atoms with Gasteiger partial charge in [-0.1, -0.05) is 261 Å². The average Bonchev–Trinajstić information content (AvgIpc) is 1.28. The molecule has 6 heterocycles. The molecule has 0 aliphatic rings. The molecule has 0 unspecified atom stereocenters. The predicted octanol–water partition coefficient (Wildman–Crippen LogP) is 29.9. The third-order valence-corrected chi connectivity index (χ3v) is 26.2. The molecule has 0 amide bonds. The van der Waals surface area contributed by atoms with Gasteiger partial charge in [0.05, 0.1) is 22.8 Å². The van der Waals surface area contributed by atoms with Crippen LogP contribution in [0, 0.1) is 0 Å². The second-order valence-electron chi connectivity index (χ2n) is 28.4. The summed E-state index contributed by atoms with van der Waals surface area (Å²) in [5.41, 5.74) is 23.3.